The number of aromatic nitrogens is 2. The maximum atomic E-state index is 12.8. The summed E-state index contributed by atoms with van der Waals surface area (Å²) >= 11 is 0. The molecule has 0 bridgehead atoms. The SMILES string of the molecule is CS(=O)(=O)Nc1ccc(C(=O)NC2CCN(C(=O)c3ccc4nc[nH]c4c3)CC2)cc1. The number of H-pyrrole nitrogens is 1. The highest BCUT2D eigenvalue weighted by atomic mass is 32.2. The normalized spacial score (nSPS) is 15.1. The van der Waals surface area contributed by atoms with Crippen LogP contribution in [0.5, 0.6) is 0 Å². The minimum absolute atomic E-state index is 0.0274. The fourth-order valence-electron chi connectivity index (χ4n) is 3.65. The molecule has 0 radical (unpaired) electrons. The number of hydrogen-bond donors (Lipinski definition) is 3. The van der Waals surface area contributed by atoms with Gasteiger partial charge in [0, 0.05) is 35.9 Å². The molecule has 0 unspecified atom stereocenters. The molecule has 0 atom stereocenters. The number of piperidine rings is 1. The molecule has 3 aromatic rings. The van der Waals surface area contributed by atoms with Gasteiger partial charge in [-0.25, -0.2) is 13.4 Å². The molecule has 10 heteroatoms. The third-order valence-electron chi connectivity index (χ3n) is 5.23. The highest BCUT2D eigenvalue weighted by Gasteiger charge is 2.25. The molecule has 0 saturated carbocycles. The van der Waals surface area contributed by atoms with E-state index in [0.29, 0.717) is 42.7 Å². The number of aromatic amines is 1. The van der Waals surface area contributed by atoms with Gasteiger partial charge in [0.25, 0.3) is 11.8 Å². The Morgan fingerprint density at radius 1 is 1.06 bits per heavy atom. The second kappa shape index (κ2) is 8.38. The van der Waals surface area contributed by atoms with E-state index in [2.05, 4.69) is 20.0 Å². The molecule has 2 heterocycles. The van der Waals surface area contributed by atoms with E-state index < -0.39 is 10.0 Å². The van der Waals surface area contributed by atoms with Crippen LogP contribution in [-0.4, -0.2) is 60.5 Å². The number of sulfonamides is 1. The zero-order valence-corrected chi connectivity index (χ0v) is 17.8. The lowest BCUT2D eigenvalue weighted by Gasteiger charge is -2.32. The zero-order chi connectivity index (χ0) is 22.0. The Bertz CT molecular complexity index is 1210. The van der Waals surface area contributed by atoms with Crippen molar-refractivity contribution in [1.82, 2.24) is 20.2 Å². The Morgan fingerprint density at radius 3 is 2.42 bits per heavy atom. The molecule has 162 valence electrons. The van der Waals surface area contributed by atoms with Gasteiger partial charge in [-0.2, -0.15) is 0 Å². The van der Waals surface area contributed by atoms with Crippen molar-refractivity contribution in [2.45, 2.75) is 18.9 Å². The summed E-state index contributed by atoms with van der Waals surface area (Å²) in [6.07, 6.45) is 4.00. The van der Waals surface area contributed by atoms with Crippen molar-refractivity contribution in [3.8, 4) is 0 Å². The number of nitrogens with zero attached hydrogens (tertiary/aromatic N) is 2. The molecule has 1 fully saturated rings. The lowest BCUT2D eigenvalue weighted by Crippen LogP contribution is -2.46. The molecular formula is C21H23N5O4S. The lowest BCUT2D eigenvalue weighted by atomic mass is 10.0. The van der Waals surface area contributed by atoms with E-state index >= 15 is 0 Å². The molecule has 4 rings (SSSR count). The van der Waals surface area contributed by atoms with E-state index in [9.17, 15) is 18.0 Å². The van der Waals surface area contributed by atoms with Crippen molar-refractivity contribution in [2.75, 3.05) is 24.1 Å². The molecule has 2 aromatic carbocycles. The second-order valence-electron chi connectivity index (χ2n) is 7.63. The maximum Gasteiger partial charge on any atom is 0.253 e. The van der Waals surface area contributed by atoms with Crippen molar-refractivity contribution < 1.29 is 18.0 Å². The second-order valence-corrected chi connectivity index (χ2v) is 9.37. The van der Waals surface area contributed by atoms with Gasteiger partial charge in [0.1, 0.15) is 0 Å². The molecule has 3 N–H and O–H groups in total. The minimum atomic E-state index is -3.36. The number of carbonyl (C=O) groups excluding carboxylic acids is 2. The van der Waals surface area contributed by atoms with Gasteiger partial charge in [0.05, 0.1) is 23.6 Å². The summed E-state index contributed by atoms with van der Waals surface area (Å²) in [6.45, 7) is 1.12. The number of carbonyl (C=O) groups is 2. The van der Waals surface area contributed by atoms with Crippen molar-refractivity contribution in [2.24, 2.45) is 0 Å². The van der Waals surface area contributed by atoms with E-state index in [1.807, 2.05) is 6.07 Å². The summed E-state index contributed by atoms with van der Waals surface area (Å²) in [6, 6.07) is 11.6. The monoisotopic (exact) mass is 441 g/mol. The molecule has 0 aliphatic carbocycles. The Morgan fingerprint density at radius 2 is 1.74 bits per heavy atom. The molecule has 0 spiro atoms. The Balaban J connectivity index is 1.31. The predicted octanol–water partition coefficient (Wildman–Crippen LogP) is 1.97. The number of rotatable bonds is 5. The summed E-state index contributed by atoms with van der Waals surface area (Å²) in [5.74, 6) is -0.254. The van der Waals surface area contributed by atoms with E-state index in [1.54, 1.807) is 47.6 Å². The lowest BCUT2D eigenvalue weighted by molar-refractivity contribution is 0.0698. The summed E-state index contributed by atoms with van der Waals surface area (Å²) in [4.78, 5) is 34.3. The quantitative estimate of drug-likeness (QED) is 0.558. The van der Waals surface area contributed by atoms with Crippen LogP contribution in [0.3, 0.4) is 0 Å². The van der Waals surface area contributed by atoms with Crippen LogP contribution in [0.2, 0.25) is 0 Å². The van der Waals surface area contributed by atoms with E-state index in [0.717, 1.165) is 17.3 Å². The first kappa shape index (κ1) is 20.9. The van der Waals surface area contributed by atoms with Gasteiger partial charge in [0.15, 0.2) is 0 Å². The highest BCUT2D eigenvalue weighted by molar-refractivity contribution is 7.92. The molecule has 2 amide bonds. The summed E-state index contributed by atoms with van der Waals surface area (Å²) in [7, 11) is -3.36. The average molecular weight is 442 g/mol. The van der Waals surface area contributed by atoms with Crippen LogP contribution < -0.4 is 10.0 Å². The maximum absolute atomic E-state index is 12.8. The molecule has 1 saturated heterocycles. The van der Waals surface area contributed by atoms with Crippen molar-refractivity contribution in [1.29, 1.82) is 0 Å². The number of likely N-dealkylation sites (tertiary alicyclic amines) is 1. The van der Waals surface area contributed by atoms with Crippen molar-refractivity contribution in [3.05, 3.63) is 59.9 Å². The van der Waals surface area contributed by atoms with E-state index in [4.69, 9.17) is 0 Å². The first-order valence-electron chi connectivity index (χ1n) is 9.90. The van der Waals surface area contributed by atoms with Gasteiger partial charge in [-0.05, 0) is 55.3 Å². The Labute approximate surface area is 179 Å². The van der Waals surface area contributed by atoms with Crippen LogP contribution in [0.4, 0.5) is 5.69 Å². The number of nitrogens with one attached hydrogen (secondary N) is 3. The van der Waals surface area contributed by atoms with E-state index in [1.165, 1.54) is 0 Å². The van der Waals surface area contributed by atoms with Gasteiger partial charge in [-0.1, -0.05) is 0 Å². The van der Waals surface area contributed by atoms with Crippen LogP contribution >= 0.6 is 0 Å². The Kier molecular flexibility index (Phi) is 5.64. The molecule has 1 aliphatic heterocycles. The third-order valence-corrected chi connectivity index (χ3v) is 5.84. The number of imidazole rings is 1. The average Bonchev–Trinajstić information content (AvgIpc) is 3.21. The van der Waals surface area contributed by atoms with Gasteiger partial charge >= 0.3 is 0 Å². The van der Waals surface area contributed by atoms with Crippen molar-refractivity contribution in [3.63, 3.8) is 0 Å². The van der Waals surface area contributed by atoms with Crippen LogP contribution in [0, 0.1) is 0 Å². The zero-order valence-electron chi connectivity index (χ0n) is 17.0. The summed E-state index contributed by atoms with van der Waals surface area (Å²) in [5.41, 5.74) is 3.11. The smallest absolute Gasteiger partial charge is 0.253 e. The number of fused-ring (bicyclic) bond motifs is 1. The molecular weight excluding hydrogens is 418 g/mol. The van der Waals surface area contributed by atoms with Gasteiger partial charge < -0.3 is 15.2 Å². The standard InChI is InChI=1S/C21H23N5O4S/c1-31(29,30)25-17-5-2-14(3-6-17)20(27)24-16-8-10-26(11-9-16)21(28)15-4-7-18-19(12-15)23-13-22-18/h2-7,12-13,16,25H,8-11H2,1H3,(H,22,23)(H,24,27). The molecule has 31 heavy (non-hydrogen) atoms. The van der Waals surface area contributed by atoms with Crippen molar-refractivity contribution >= 4 is 38.6 Å². The number of amides is 2. The minimum Gasteiger partial charge on any atom is -0.349 e. The number of anilines is 1. The first-order chi connectivity index (χ1) is 14.8. The Hall–Kier alpha value is -3.40. The van der Waals surface area contributed by atoms with Gasteiger partial charge in [-0.3, -0.25) is 14.3 Å². The van der Waals surface area contributed by atoms with E-state index in [-0.39, 0.29) is 17.9 Å². The molecule has 1 aliphatic rings. The topological polar surface area (TPSA) is 124 Å². The van der Waals surface area contributed by atoms with Gasteiger partial charge in [-0.15, -0.1) is 0 Å². The summed E-state index contributed by atoms with van der Waals surface area (Å²) in [5, 5.41) is 2.99. The number of hydrogen-bond acceptors (Lipinski definition) is 5. The van der Waals surface area contributed by atoms with Crippen LogP contribution in [0.1, 0.15) is 33.6 Å². The number of benzene rings is 2. The fourth-order valence-corrected chi connectivity index (χ4v) is 4.21. The van der Waals surface area contributed by atoms with Crippen LogP contribution in [0.15, 0.2) is 48.8 Å². The fraction of sp³-hybridized carbons (Fsp3) is 0.286. The highest BCUT2D eigenvalue weighted by Crippen LogP contribution is 2.18. The predicted molar refractivity (Wildman–Crippen MR) is 117 cm³/mol. The molecule has 9 nitrogen and oxygen atoms in total. The van der Waals surface area contributed by atoms with Crippen LogP contribution in [-0.2, 0) is 10.0 Å². The largest absolute Gasteiger partial charge is 0.349 e. The summed E-state index contributed by atoms with van der Waals surface area (Å²) < 4.78 is 24.9. The van der Waals surface area contributed by atoms with Crippen LogP contribution in [0.25, 0.3) is 11.0 Å². The first-order valence-corrected chi connectivity index (χ1v) is 11.8. The molecule has 1 aromatic heterocycles. The van der Waals surface area contributed by atoms with Gasteiger partial charge in [0.2, 0.25) is 10.0 Å². The third kappa shape index (κ3) is 5.02.